The maximum atomic E-state index is 13.8. The fourth-order valence-electron chi connectivity index (χ4n) is 1.94. The second-order valence-corrected chi connectivity index (χ2v) is 6.19. The first kappa shape index (κ1) is 14.8. The quantitative estimate of drug-likeness (QED) is 0.739. The van der Waals surface area contributed by atoms with Crippen LogP contribution >= 0.6 is 11.6 Å². The molecule has 108 valence electrons. The molecule has 0 fully saturated rings. The zero-order valence-corrected chi connectivity index (χ0v) is 12.5. The van der Waals surface area contributed by atoms with Crippen LogP contribution in [0, 0.1) is 5.82 Å². The first-order valence-corrected chi connectivity index (χ1v) is 6.67. The minimum absolute atomic E-state index is 0.332. The average molecular weight is 299 g/mol. The van der Waals surface area contributed by atoms with Crippen LogP contribution in [0.3, 0.4) is 0 Å². The highest BCUT2D eigenvalue weighted by Gasteiger charge is 2.22. The fourth-order valence-corrected chi connectivity index (χ4v) is 2.17. The van der Waals surface area contributed by atoms with Crippen LogP contribution in [0.25, 0.3) is 11.0 Å². The van der Waals surface area contributed by atoms with E-state index in [1.165, 1.54) is 10.8 Å². The minimum Gasteiger partial charge on any atom is -0.443 e. The van der Waals surface area contributed by atoms with Gasteiger partial charge in [0.05, 0.1) is 11.6 Å². The number of aromatic nitrogens is 2. The van der Waals surface area contributed by atoms with Crippen LogP contribution in [0.2, 0.25) is 0 Å². The third-order valence-electron chi connectivity index (χ3n) is 2.69. The van der Waals surface area contributed by atoms with Crippen molar-refractivity contribution in [3.8, 4) is 0 Å². The third-order valence-corrected chi connectivity index (χ3v) is 2.91. The molecular weight excluding hydrogens is 283 g/mol. The van der Waals surface area contributed by atoms with E-state index >= 15 is 0 Å². The summed E-state index contributed by atoms with van der Waals surface area (Å²) in [5.74, 6) is -0.484. The van der Waals surface area contributed by atoms with E-state index in [-0.39, 0.29) is 0 Å². The molecule has 0 amide bonds. The zero-order chi connectivity index (χ0) is 15.1. The first-order valence-electron chi connectivity index (χ1n) is 6.23. The van der Waals surface area contributed by atoms with Crippen molar-refractivity contribution in [1.29, 1.82) is 0 Å². The number of pyridine rings is 1. The Labute approximate surface area is 121 Å². The van der Waals surface area contributed by atoms with Gasteiger partial charge >= 0.3 is 6.09 Å². The lowest BCUT2D eigenvalue weighted by Gasteiger charge is -2.19. The summed E-state index contributed by atoms with van der Waals surface area (Å²) in [7, 11) is 0. The van der Waals surface area contributed by atoms with Crippen LogP contribution in [0.4, 0.5) is 9.18 Å². The van der Waals surface area contributed by atoms with E-state index in [9.17, 15) is 9.18 Å². The zero-order valence-electron chi connectivity index (χ0n) is 11.8. The summed E-state index contributed by atoms with van der Waals surface area (Å²) in [5.41, 5.74) is 0.0539. The van der Waals surface area contributed by atoms with Crippen LogP contribution in [-0.4, -0.2) is 21.2 Å². The highest BCUT2D eigenvalue weighted by Crippen LogP contribution is 2.30. The predicted octanol–water partition coefficient (Wildman–Crippen LogP) is 4.26. The normalized spacial score (nSPS) is 13.5. The molecule has 0 aliphatic heterocycles. The summed E-state index contributed by atoms with van der Waals surface area (Å²) in [6, 6.07) is 1.61. The van der Waals surface area contributed by atoms with E-state index in [0.717, 1.165) is 6.20 Å². The molecule has 6 heteroatoms. The van der Waals surface area contributed by atoms with Gasteiger partial charge in [-0.1, -0.05) is 0 Å². The molecule has 2 aromatic heterocycles. The highest BCUT2D eigenvalue weighted by atomic mass is 35.5. The monoisotopic (exact) mass is 298 g/mol. The number of carbonyl (C=O) groups excluding carboxylic acids is 1. The van der Waals surface area contributed by atoms with Gasteiger partial charge in [0, 0.05) is 17.1 Å². The average Bonchev–Trinajstić information content (AvgIpc) is 2.69. The molecule has 0 saturated carbocycles. The molecule has 0 aliphatic carbocycles. The fraction of sp³-hybridized carbons (Fsp3) is 0.429. The number of hydrogen-bond acceptors (Lipinski definition) is 3. The Bertz CT molecular complexity index is 659. The van der Waals surface area contributed by atoms with Gasteiger partial charge < -0.3 is 4.74 Å². The number of hydrogen-bond donors (Lipinski definition) is 0. The van der Waals surface area contributed by atoms with Gasteiger partial charge in [-0.3, -0.25) is 0 Å². The number of halogens is 2. The number of rotatable bonds is 1. The highest BCUT2D eigenvalue weighted by molar-refractivity contribution is 6.21. The predicted molar refractivity (Wildman–Crippen MR) is 75.6 cm³/mol. The Morgan fingerprint density at radius 2 is 2.15 bits per heavy atom. The summed E-state index contributed by atoms with van der Waals surface area (Å²) in [4.78, 5) is 16.0. The van der Waals surface area contributed by atoms with Crippen molar-refractivity contribution < 1.29 is 13.9 Å². The van der Waals surface area contributed by atoms with Gasteiger partial charge in [-0.2, -0.15) is 0 Å². The smallest absolute Gasteiger partial charge is 0.420 e. The van der Waals surface area contributed by atoms with Crippen LogP contribution < -0.4 is 0 Å². The van der Waals surface area contributed by atoms with Gasteiger partial charge in [-0.15, -0.1) is 11.6 Å². The van der Waals surface area contributed by atoms with Crippen molar-refractivity contribution in [2.75, 3.05) is 0 Å². The van der Waals surface area contributed by atoms with Crippen LogP contribution in [0.15, 0.2) is 18.5 Å². The van der Waals surface area contributed by atoms with Crippen molar-refractivity contribution in [3.05, 3.63) is 29.8 Å². The van der Waals surface area contributed by atoms with E-state index in [0.29, 0.717) is 16.6 Å². The molecule has 0 aliphatic rings. The van der Waals surface area contributed by atoms with Gasteiger partial charge in [-0.25, -0.2) is 18.7 Å². The van der Waals surface area contributed by atoms with Crippen molar-refractivity contribution in [2.45, 2.75) is 38.7 Å². The number of carbonyl (C=O) groups is 1. The SMILES string of the molecule is CC(Cl)c1c(F)cnc2c1ccn2C(=O)OC(C)(C)C. The second kappa shape index (κ2) is 5.05. The van der Waals surface area contributed by atoms with E-state index in [4.69, 9.17) is 16.3 Å². The molecule has 0 aromatic carbocycles. The maximum absolute atomic E-state index is 13.8. The van der Waals surface area contributed by atoms with Gasteiger partial charge in [-0.05, 0) is 33.8 Å². The molecule has 2 rings (SSSR count). The maximum Gasteiger partial charge on any atom is 0.420 e. The van der Waals surface area contributed by atoms with E-state index in [2.05, 4.69) is 4.98 Å². The van der Waals surface area contributed by atoms with E-state index < -0.39 is 22.9 Å². The molecule has 0 N–H and O–H groups in total. The molecule has 0 spiro atoms. The largest absolute Gasteiger partial charge is 0.443 e. The molecule has 1 atom stereocenters. The van der Waals surface area contributed by atoms with Crippen molar-refractivity contribution in [1.82, 2.24) is 9.55 Å². The molecule has 20 heavy (non-hydrogen) atoms. The standard InChI is InChI=1S/C14H16ClFN2O2/c1-8(15)11-9-5-6-18(12(9)17-7-10(11)16)13(19)20-14(2,3)4/h5-8H,1-4H3. The second-order valence-electron chi connectivity index (χ2n) is 5.54. The molecule has 0 bridgehead atoms. The lowest BCUT2D eigenvalue weighted by molar-refractivity contribution is 0.0543. The summed E-state index contributed by atoms with van der Waals surface area (Å²) in [6.45, 7) is 6.99. The number of ether oxygens (including phenoxy) is 1. The molecule has 2 aromatic rings. The molecule has 0 radical (unpaired) electrons. The third kappa shape index (κ3) is 2.77. The van der Waals surface area contributed by atoms with Crippen LogP contribution in [0.1, 0.15) is 38.6 Å². The molecule has 0 saturated heterocycles. The Hall–Kier alpha value is -1.62. The molecular formula is C14H16ClFN2O2. The van der Waals surface area contributed by atoms with Gasteiger partial charge in [0.2, 0.25) is 0 Å². The molecule has 1 unspecified atom stereocenters. The number of fused-ring (bicyclic) bond motifs is 1. The van der Waals surface area contributed by atoms with Gasteiger partial charge in [0.15, 0.2) is 0 Å². The lowest BCUT2D eigenvalue weighted by Crippen LogP contribution is -2.26. The number of alkyl halides is 1. The topological polar surface area (TPSA) is 44.1 Å². The molecule has 2 heterocycles. The van der Waals surface area contributed by atoms with Crippen molar-refractivity contribution >= 4 is 28.7 Å². The Kier molecular flexibility index (Phi) is 3.73. The Morgan fingerprint density at radius 3 is 2.70 bits per heavy atom. The Balaban J connectivity index is 2.53. The van der Waals surface area contributed by atoms with Gasteiger partial charge in [0.1, 0.15) is 17.1 Å². The molecule has 4 nitrogen and oxygen atoms in total. The lowest BCUT2D eigenvalue weighted by atomic mass is 10.1. The minimum atomic E-state index is -0.615. The number of nitrogens with zero attached hydrogens (tertiary/aromatic N) is 2. The summed E-state index contributed by atoms with van der Waals surface area (Å²) in [5, 5.41) is -0.00616. The first-order chi connectivity index (χ1) is 9.20. The summed E-state index contributed by atoms with van der Waals surface area (Å²) < 4.78 is 20.3. The Morgan fingerprint density at radius 1 is 1.50 bits per heavy atom. The van der Waals surface area contributed by atoms with Crippen molar-refractivity contribution in [3.63, 3.8) is 0 Å². The van der Waals surface area contributed by atoms with E-state index in [1.807, 2.05) is 0 Å². The van der Waals surface area contributed by atoms with Gasteiger partial charge in [0.25, 0.3) is 0 Å². The summed E-state index contributed by atoms with van der Waals surface area (Å²) in [6.07, 6.45) is 2.02. The van der Waals surface area contributed by atoms with Crippen LogP contribution in [-0.2, 0) is 4.74 Å². The van der Waals surface area contributed by atoms with E-state index in [1.54, 1.807) is 33.8 Å². The van der Waals surface area contributed by atoms with Crippen LogP contribution in [0.5, 0.6) is 0 Å². The van der Waals surface area contributed by atoms with Crippen molar-refractivity contribution in [2.24, 2.45) is 0 Å². The summed E-state index contributed by atoms with van der Waals surface area (Å²) >= 11 is 5.99.